The average molecular weight is 362 g/mol. The summed E-state index contributed by atoms with van der Waals surface area (Å²) in [5.41, 5.74) is 2.14. The molecule has 0 unspecified atom stereocenters. The number of hydrogen-bond donors (Lipinski definition) is 1. The zero-order valence-corrected chi connectivity index (χ0v) is 15.3. The lowest BCUT2D eigenvalue weighted by Gasteiger charge is -2.32. The first kappa shape index (κ1) is 17.3. The van der Waals surface area contributed by atoms with Gasteiger partial charge in [-0.05, 0) is 48.6 Å². The Labute approximate surface area is 158 Å². The van der Waals surface area contributed by atoms with Crippen LogP contribution in [0.4, 0.5) is 11.4 Å². The van der Waals surface area contributed by atoms with Gasteiger partial charge in [-0.1, -0.05) is 37.3 Å². The first-order valence-corrected chi connectivity index (χ1v) is 9.28. The second-order valence-electron chi connectivity index (χ2n) is 7.22. The van der Waals surface area contributed by atoms with Crippen LogP contribution in [0.15, 0.2) is 60.4 Å². The first-order valence-electron chi connectivity index (χ1n) is 9.28. The summed E-state index contributed by atoms with van der Waals surface area (Å²) in [5, 5.41) is 10.3. The highest BCUT2D eigenvalue weighted by Crippen LogP contribution is 2.33. The highest BCUT2D eigenvalue weighted by atomic mass is 16.3. The molecule has 2 aromatic carbocycles. The quantitative estimate of drug-likeness (QED) is 0.845. The zero-order valence-electron chi connectivity index (χ0n) is 15.3. The third-order valence-corrected chi connectivity index (χ3v) is 5.38. The van der Waals surface area contributed by atoms with E-state index < -0.39 is 17.6 Å². The van der Waals surface area contributed by atoms with E-state index in [4.69, 9.17) is 0 Å². The molecule has 0 spiro atoms. The average Bonchev–Trinajstić information content (AvgIpc) is 2.92. The molecule has 138 valence electrons. The molecular formula is C22H22N2O3. The van der Waals surface area contributed by atoms with Crippen molar-refractivity contribution in [2.75, 3.05) is 22.9 Å². The van der Waals surface area contributed by atoms with Crippen molar-refractivity contribution < 1.29 is 14.7 Å². The Kier molecular flexibility index (Phi) is 4.44. The number of nitrogens with zero attached hydrogens (tertiary/aromatic N) is 2. The monoisotopic (exact) mass is 362 g/mol. The molecule has 0 bridgehead atoms. The van der Waals surface area contributed by atoms with Crippen molar-refractivity contribution >= 4 is 28.8 Å². The Bertz CT molecular complexity index is 895. The summed E-state index contributed by atoms with van der Waals surface area (Å²) in [4.78, 5) is 28.7. The number of anilines is 2. The van der Waals surface area contributed by atoms with Gasteiger partial charge >= 0.3 is 5.91 Å². The number of carbonyl (C=O) groups is 2. The lowest BCUT2D eigenvalue weighted by molar-refractivity contribution is -0.121. The smallest absolute Gasteiger partial charge is 0.301 e. The molecule has 1 N–H and O–H groups in total. The van der Waals surface area contributed by atoms with E-state index in [0.29, 0.717) is 11.3 Å². The number of piperidine rings is 1. The molecule has 1 saturated heterocycles. The van der Waals surface area contributed by atoms with Crippen LogP contribution >= 0.6 is 0 Å². The molecule has 5 nitrogen and oxygen atoms in total. The molecule has 0 aliphatic carbocycles. The van der Waals surface area contributed by atoms with Gasteiger partial charge in [-0.3, -0.25) is 9.59 Å². The van der Waals surface area contributed by atoms with Crippen molar-refractivity contribution in [3.8, 4) is 0 Å². The molecule has 2 amide bonds. The normalized spacial score (nSPS) is 18.6. The highest BCUT2D eigenvalue weighted by Gasteiger charge is 2.40. The maximum Gasteiger partial charge on any atom is 0.301 e. The number of aliphatic hydroxyl groups excluding tert-OH is 1. The number of aliphatic hydroxyl groups is 1. The number of rotatable bonds is 3. The predicted octanol–water partition coefficient (Wildman–Crippen LogP) is 3.77. The van der Waals surface area contributed by atoms with E-state index in [2.05, 4.69) is 11.8 Å². The van der Waals surface area contributed by atoms with Crippen molar-refractivity contribution in [3.63, 3.8) is 0 Å². The van der Waals surface area contributed by atoms with Crippen LogP contribution in [0.3, 0.4) is 0 Å². The minimum Gasteiger partial charge on any atom is -0.502 e. The summed E-state index contributed by atoms with van der Waals surface area (Å²) in [6, 6.07) is 16.2. The number of imide groups is 1. The molecule has 1 fully saturated rings. The molecule has 5 heteroatoms. The standard InChI is InChI=1S/C22H22N2O3/c1-15-11-13-23(14-12-15)17-7-9-18(10-8-17)24-21(26)19(20(25)22(24)27)16-5-3-2-4-6-16/h2-10,15,25H,11-14H2,1H3. The Hall–Kier alpha value is -3.08. The molecule has 0 radical (unpaired) electrons. The maximum absolute atomic E-state index is 12.8. The van der Waals surface area contributed by atoms with Crippen molar-refractivity contribution in [1.82, 2.24) is 0 Å². The van der Waals surface area contributed by atoms with Gasteiger partial charge in [0.05, 0.1) is 11.3 Å². The summed E-state index contributed by atoms with van der Waals surface area (Å²) >= 11 is 0. The fourth-order valence-corrected chi connectivity index (χ4v) is 3.70. The molecule has 0 atom stereocenters. The molecule has 2 aromatic rings. The molecule has 2 aliphatic heterocycles. The van der Waals surface area contributed by atoms with E-state index in [1.54, 1.807) is 36.4 Å². The first-order chi connectivity index (χ1) is 13.1. The fraction of sp³-hybridized carbons (Fsp3) is 0.273. The van der Waals surface area contributed by atoms with Gasteiger partial charge in [0.15, 0.2) is 5.76 Å². The summed E-state index contributed by atoms with van der Waals surface area (Å²) in [6.45, 7) is 4.31. The minimum atomic E-state index is -0.682. The minimum absolute atomic E-state index is 0.0506. The lowest BCUT2D eigenvalue weighted by atomic mass is 9.99. The number of amides is 2. The van der Waals surface area contributed by atoms with Crippen molar-refractivity contribution in [3.05, 3.63) is 65.9 Å². The van der Waals surface area contributed by atoms with E-state index in [1.807, 2.05) is 18.2 Å². The van der Waals surface area contributed by atoms with Crippen molar-refractivity contribution in [2.45, 2.75) is 19.8 Å². The summed E-state index contributed by atoms with van der Waals surface area (Å²) in [6.07, 6.45) is 2.34. The van der Waals surface area contributed by atoms with Crippen LogP contribution in [-0.4, -0.2) is 30.0 Å². The molecule has 0 saturated carbocycles. The Morgan fingerprint density at radius 1 is 0.852 bits per heavy atom. The largest absolute Gasteiger partial charge is 0.502 e. The van der Waals surface area contributed by atoms with Gasteiger partial charge in [-0.15, -0.1) is 0 Å². The highest BCUT2D eigenvalue weighted by molar-refractivity contribution is 6.44. The number of carbonyl (C=O) groups excluding carboxylic acids is 2. The topological polar surface area (TPSA) is 60.9 Å². The third-order valence-electron chi connectivity index (χ3n) is 5.38. The molecule has 27 heavy (non-hydrogen) atoms. The van der Waals surface area contributed by atoms with Crippen molar-refractivity contribution in [2.24, 2.45) is 5.92 Å². The van der Waals surface area contributed by atoms with Crippen LogP contribution in [0.1, 0.15) is 25.3 Å². The summed E-state index contributed by atoms with van der Waals surface area (Å²) in [7, 11) is 0. The van der Waals surface area contributed by atoms with Gasteiger partial charge in [0.25, 0.3) is 5.91 Å². The third kappa shape index (κ3) is 3.10. The maximum atomic E-state index is 12.8. The summed E-state index contributed by atoms with van der Waals surface area (Å²) < 4.78 is 0. The van der Waals surface area contributed by atoms with E-state index in [0.717, 1.165) is 29.6 Å². The Morgan fingerprint density at radius 3 is 2.07 bits per heavy atom. The lowest BCUT2D eigenvalue weighted by Crippen LogP contribution is -2.33. The van der Waals surface area contributed by atoms with Gasteiger partial charge < -0.3 is 10.0 Å². The van der Waals surface area contributed by atoms with E-state index in [-0.39, 0.29) is 5.57 Å². The number of benzene rings is 2. The van der Waals surface area contributed by atoms with Crippen LogP contribution < -0.4 is 9.80 Å². The van der Waals surface area contributed by atoms with Gasteiger partial charge in [0.1, 0.15) is 0 Å². The second kappa shape index (κ2) is 6.91. The predicted molar refractivity (Wildman–Crippen MR) is 106 cm³/mol. The molecule has 2 aliphatic rings. The molecule has 0 aromatic heterocycles. The fourth-order valence-electron chi connectivity index (χ4n) is 3.70. The van der Waals surface area contributed by atoms with Crippen molar-refractivity contribution in [1.29, 1.82) is 0 Å². The Morgan fingerprint density at radius 2 is 1.44 bits per heavy atom. The van der Waals surface area contributed by atoms with Crippen LogP contribution in [0.25, 0.3) is 5.57 Å². The van der Waals surface area contributed by atoms with Gasteiger partial charge in [-0.25, -0.2) is 4.90 Å². The molecule has 2 heterocycles. The van der Waals surface area contributed by atoms with E-state index >= 15 is 0 Å². The van der Waals surface area contributed by atoms with Gasteiger partial charge in [0, 0.05) is 18.8 Å². The number of hydrogen-bond acceptors (Lipinski definition) is 4. The van der Waals surface area contributed by atoms with E-state index in [9.17, 15) is 14.7 Å². The van der Waals surface area contributed by atoms with Crippen LogP contribution in [-0.2, 0) is 9.59 Å². The zero-order chi connectivity index (χ0) is 19.0. The second-order valence-corrected chi connectivity index (χ2v) is 7.22. The SMILES string of the molecule is CC1CCN(c2ccc(N3C(=O)C(O)=C(c4ccccc4)C3=O)cc2)CC1. The van der Waals surface area contributed by atoms with Crippen LogP contribution in [0, 0.1) is 5.92 Å². The van der Waals surface area contributed by atoms with E-state index in [1.165, 1.54) is 12.8 Å². The molecule has 4 rings (SSSR count). The van der Waals surface area contributed by atoms with Crippen LogP contribution in [0.2, 0.25) is 0 Å². The van der Waals surface area contributed by atoms with Gasteiger partial charge in [-0.2, -0.15) is 0 Å². The van der Waals surface area contributed by atoms with Crippen LogP contribution in [0.5, 0.6) is 0 Å². The summed E-state index contributed by atoms with van der Waals surface area (Å²) in [5.74, 6) is -0.923. The molecular weight excluding hydrogens is 340 g/mol. The van der Waals surface area contributed by atoms with Gasteiger partial charge in [0.2, 0.25) is 0 Å². The Balaban J connectivity index is 1.58.